The Labute approximate surface area is 202 Å². The van der Waals surface area contributed by atoms with Crippen molar-refractivity contribution in [2.45, 2.75) is 63.1 Å². The normalized spacial score (nSPS) is 30.0. The molecule has 4 rings (SSSR count). The number of piperidine rings is 2. The minimum Gasteiger partial charge on any atom is -0.391 e. The molecule has 0 bridgehead atoms. The molecule has 2 aromatic carbocycles. The number of β-amino-alcohol motifs (C(OH)–C–C–N with tert-alkyl or cyclic N) is 2. The molecule has 2 aliphatic rings. The molecule has 34 heavy (non-hydrogen) atoms. The Morgan fingerprint density at radius 3 is 1.79 bits per heavy atom. The molecule has 0 unspecified atom stereocenters. The molecule has 0 radical (unpaired) electrons. The summed E-state index contributed by atoms with van der Waals surface area (Å²) in [7, 11) is 0. The summed E-state index contributed by atoms with van der Waals surface area (Å²) in [5.74, 6) is 0. The van der Waals surface area contributed by atoms with E-state index in [2.05, 4.69) is 44.1 Å². The van der Waals surface area contributed by atoms with Gasteiger partial charge in [-0.15, -0.1) is 0 Å². The van der Waals surface area contributed by atoms with Gasteiger partial charge in [-0.05, 0) is 43.0 Å². The van der Waals surface area contributed by atoms with Gasteiger partial charge in [0, 0.05) is 43.2 Å². The lowest BCUT2D eigenvalue weighted by atomic mass is 9.87. The van der Waals surface area contributed by atoms with Crippen LogP contribution in [0.5, 0.6) is 0 Å². The number of azide groups is 1. The summed E-state index contributed by atoms with van der Waals surface area (Å²) in [4.78, 5) is 7.28. The van der Waals surface area contributed by atoms with Crippen molar-refractivity contribution < 1.29 is 10.2 Å². The van der Waals surface area contributed by atoms with Crippen LogP contribution in [0.15, 0.2) is 65.8 Å². The van der Waals surface area contributed by atoms with Crippen LogP contribution >= 0.6 is 0 Å². The number of likely N-dealkylation sites (tertiary alicyclic amines) is 2. The zero-order valence-corrected chi connectivity index (χ0v) is 20.3. The SMILES string of the molecule is C[C@@]1(N)CCN(Cc2ccccc2)C[C@H]1O.C[C@@]1(N=[N+]=[N-])CCN(Cc2ccccc2)C[C@H]1O. The maximum Gasteiger partial charge on any atom is 0.0844 e. The van der Waals surface area contributed by atoms with Crippen molar-refractivity contribution >= 4 is 0 Å². The third kappa shape index (κ3) is 7.27. The molecule has 0 spiro atoms. The molecule has 0 saturated carbocycles. The lowest BCUT2D eigenvalue weighted by molar-refractivity contribution is 0.00880. The topological polar surface area (TPSA) is 122 Å². The van der Waals surface area contributed by atoms with Crippen molar-refractivity contribution in [3.63, 3.8) is 0 Å². The molecule has 8 nitrogen and oxygen atoms in total. The second kappa shape index (κ2) is 11.8. The number of benzene rings is 2. The number of nitrogens with two attached hydrogens (primary N) is 1. The second-order valence-corrected chi connectivity index (χ2v) is 10.0. The maximum absolute atomic E-state index is 10.1. The van der Waals surface area contributed by atoms with E-state index in [4.69, 9.17) is 11.3 Å². The zero-order chi connectivity index (χ0) is 24.6. The summed E-state index contributed by atoms with van der Waals surface area (Å²) in [5.41, 5.74) is 16.0. The molecule has 2 saturated heterocycles. The van der Waals surface area contributed by atoms with Crippen LogP contribution in [0.2, 0.25) is 0 Å². The highest BCUT2D eigenvalue weighted by Gasteiger charge is 2.37. The van der Waals surface area contributed by atoms with E-state index in [-0.39, 0.29) is 0 Å². The first-order valence-electron chi connectivity index (χ1n) is 12.0. The number of hydrogen-bond donors (Lipinski definition) is 3. The first-order valence-corrected chi connectivity index (χ1v) is 12.0. The van der Waals surface area contributed by atoms with Crippen molar-refractivity contribution in [2.24, 2.45) is 10.8 Å². The van der Waals surface area contributed by atoms with Gasteiger partial charge in [0.2, 0.25) is 0 Å². The standard InChI is InChI=1S/C13H18N4O.C13H20N2O/c1-13(15-16-14)7-8-17(10-12(13)18)9-11-5-3-2-4-6-11;1-13(14)7-8-15(10-12(13)16)9-11-5-3-2-4-6-11/h2-6,12,18H,7-10H2,1H3;2-6,12,16H,7-10,14H2,1H3/t2*12-,13-/m11/s1. The van der Waals surface area contributed by atoms with E-state index in [1.807, 2.05) is 50.2 Å². The van der Waals surface area contributed by atoms with Crippen LogP contribution in [-0.2, 0) is 13.1 Å². The van der Waals surface area contributed by atoms with E-state index in [0.717, 1.165) is 32.6 Å². The highest BCUT2D eigenvalue weighted by Crippen LogP contribution is 2.27. The Balaban J connectivity index is 0.000000192. The predicted molar refractivity (Wildman–Crippen MR) is 135 cm³/mol. The maximum atomic E-state index is 10.1. The van der Waals surface area contributed by atoms with E-state index < -0.39 is 23.3 Å². The number of rotatable bonds is 5. The first kappa shape index (κ1) is 26.2. The highest BCUT2D eigenvalue weighted by atomic mass is 16.3. The van der Waals surface area contributed by atoms with E-state index in [0.29, 0.717) is 19.5 Å². The van der Waals surface area contributed by atoms with Crippen molar-refractivity contribution in [1.29, 1.82) is 0 Å². The fourth-order valence-electron chi connectivity index (χ4n) is 4.38. The fourth-order valence-corrected chi connectivity index (χ4v) is 4.38. The van der Waals surface area contributed by atoms with Gasteiger partial charge in [-0.3, -0.25) is 9.80 Å². The Bertz CT molecular complexity index is 935. The molecule has 2 aliphatic heterocycles. The molecule has 4 N–H and O–H groups in total. The van der Waals surface area contributed by atoms with Gasteiger partial charge in [-0.25, -0.2) is 0 Å². The lowest BCUT2D eigenvalue weighted by Crippen LogP contribution is -2.58. The summed E-state index contributed by atoms with van der Waals surface area (Å²) < 4.78 is 0. The zero-order valence-electron chi connectivity index (χ0n) is 20.3. The molecule has 8 heteroatoms. The molecule has 2 heterocycles. The van der Waals surface area contributed by atoms with Crippen molar-refractivity contribution in [3.05, 3.63) is 82.2 Å². The fraction of sp³-hybridized carbons (Fsp3) is 0.538. The summed E-state index contributed by atoms with van der Waals surface area (Å²) in [6.07, 6.45) is 0.502. The molecule has 0 aromatic heterocycles. The summed E-state index contributed by atoms with van der Waals surface area (Å²) in [6, 6.07) is 20.5. The lowest BCUT2D eigenvalue weighted by Gasteiger charge is -2.40. The largest absolute Gasteiger partial charge is 0.391 e. The van der Waals surface area contributed by atoms with E-state index in [1.54, 1.807) is 0 Å². The van der Waals surface area contributed by atoms with Gasteiger partial charge in [0.1, 0.15) is 0 Å². The Kier molecular flexibility index (Phi) is 9.08. The number of aliphatic hydroxyl groups is 2. The molecular formula is C26H38N6O2. The molecule has 2 fully saturated rings. The van der Waals surface area contributed by atoms with Crippen molar-refractivity contribution in [1.82, 2.24) is 9.80 Å². The average Bonchev–Trinajstić information content (AvgIpc) is 2.81. The first-order chi connectivity index (χ1) is 16.2. The third-order valence-corrected chi connectivity index (χ3v) is 7.01. The monoisotopic (exact) mass is 466 g/mol. The van der Waals surface area contributed by atoms with Gasteiger partial charge in [0.25, 0.3) is 0 Å². The molecule has 184 valence electrons. The van der Waals surface area contributed by atoms with Crippen LogP contribution in [0.4, 0.5) is 0 Å². The summed E-state index contributed by atoms with van der Waals surface area (Å²) in [6.45, 7) is 8.47. The van der Waals surface area contributed by atoms with Crippen LogP contribution in [0.25, 0.3) is 10.4 Å². The molecule has 2 aromatic rings. The number of nitrogens with zero attached hydrogens (tertiary/aromatic N) is 5. The quantitative estimate of drug-likeness (QED) is 0.355. The smallest absolute Gasteiger partial charge is 0.0844 e. The van der Waals surface area contributed by atoms with Gasteiger partial charge in [-0.1, -0.05) is 72.7 Å². The van der Waals surface area contributed by atoms with Crippen molar-refractivity contribution in [3.8, 4) is 0 Å². The minimum absolute atomic E-state index is 0.423. The Morgan fingerprint density at radius 2 is 1.35 bits per heavy atom. The highest BCUT2D eigenvalue weighted by molar-refractivity contribution is 5.15. The van der Waals surface area contributed by atoms with Gasteiger partial charge < -0.3 is 15.9 Å². The van der Waals surface area contributed by atoms with Gasteiger partial charge in [0.15, 0.2) is 0 Å². The van der Waals surface area contributed by atoms with Crippen LogP contribution in [0, 0.1) is 0 Å². The van der Waals surface area contributed by atoms with Gasteiger partial charge in [-0.2, -0.15) is 0 Å². The average molecular weight is 467 g/mol. The number of aliphatic hydroxyl groups excluding tert-OH is 2. The van der Waals surface area contributed by atoms with Crippen LogP contribution in [0.1, 0.15) is 37.8 Å². The van der Waals surface area contributed by atoms with E-state index >= 15 is 0 Å². The molecule has 4 atom stereocenters. The van der Waals surface area contributed by atoms with Crippen LogP contribution in [0.3, 0.4) is 0 Å². The Hall–Kier alpha value is -2.45. The van der Waals surface area contributed by atoms with Crippen molar-refractivity contribution in [2.75, 3.05) is 26.2 Å². The van der Waals surface area contributed by atoms with E-state index in [1.165, 1.54) is 11.1 Å². The van der Waals surface area contributed by atoms with E-state index in [9.17, 15) is 10.2 Å². The number of hydrogen-bond acceptors (Lipinski definition) is 6. The minimum atomic E-state index is -0.665. The summed E-state index contributed by atoms with van der Waals surface area (Å²) >= 11 is 0. The van der Waals surface area contributed by atoms with Crippen LogP contribution in [-0.4, -0.2) is 69.5 Å². The molecule has 0 aliphatic carbocycles. The third-order valence-electron chi connectivity index (χ3n) is 7.01. The van der Waals surface area contributed by atoms with Gasteiger partial charge >= 0.3 is 0 Å². The second-order valence-electron chi connectivity index (χ2n) is 10.0. The molecular weight excluding hydrogens is 428 g/mol. The predicted octanol–water partition coefficient (Wildman–Crippen LogP) is 3.29. The summed E-state index contributed by atoms with van der Waals surface area (Å²) in [5, 5.41) is 23.8. The van der Waals surface area contributed by atoms with Gasteiger partial charge in [0.05, 0.1) is 17.7 Å². The molecule has 0 amide bonds. The van der Waals surface area contributed by atoms with Crippen LogP contribution < -0.4 is 5.73 Å². The Morgan fingerprint density at radius 1 is 0.882 bits per heavy atom.